The molecule has 2 aliphatic rings. The van der Waals surface area contributed by atoms with E-state index in [1.807, 2.05) is 0 Å². The first-order valence-corrected chi connectivity index (χ1v) is 9.29. The van der Waals surface area contributed by atoms with Crippen LogP contribution in [-0.2, 0) is 4.74 Å². The summed E-state index contributed by atoms with van der Waals surface area (Å²) in [6.07, 6.45) is 2.42. The van der Waals surface area contributed by atoms with Crippen molar-refractivity contribution in [2.75, 3.05) is 39.4 Å². The molecule has 0 radical (unpaired) electrons. The van der Waals surface area contributed by atoms with Crippen molar-refractivity contribution in [2.45, 2.75) is 39.5 Å². The highest BCUT2D eigenvalue weighted by Crippen LogP contribution is 2.38. The molecule has 5 heteroatoms. The summed E-state index contributed by atoms with van der Waals surface area (Å²) in [7, 11) is 0. The minimum Gasteiger partial charge on any atom is -0.381 e. The van der Waals surface area contributed by atoms with Crippen LogP contribution >= 0.6 is 24.0 Å². The number of hydrogen-bond donors (Lipinski definition) is 1. The van der Waals surface area contributed by atoms with Crippen LogP contribution in [-0.4, -0.2) is 50.3 Å². The van der Waals surface area contributed by atoms with E-state index in [-0.39, 0.29) is 24.0 Å². The molecule has 4 nitrogen and oxygen atoms in total. The summed E-state index contributed by atoms with van der Waals surface area (Å²) < 4.78 is 5.65. The van der Waals surface area contributed by atoms with Gasteiger partial charge >= 0.3 is 0 Å². The Morgan fingerprint density at radius 3 is 2.72 bits per heavy atom. The Bertz CT molecular complexity index is 567. The first-order chi connectivity index (χ1) is 11.6. The molecule has 2 heterocycles. The second-order valence-corrected chi connectivity index (χ2v) is 7.48. The number of guanidine groups is 1. The van der Waals surface area contributed by atoms with Gasteiger partial charge in [-0.3, -0.25) is 4.99 Å². The summed E-state index contributed by atoms with van der Waals surface area (Å²) in [6.45, 7) is 12.3. The standard InChI is InChI=1S/C20H31N3O.HI/c1-4-21-19(23-11-9-20(14-23)10-12-24-15-20)22-13-17(3)18-7-5-16(2)6-8-18;/h5-8,17H,4,9-15H2,1-3H3,(H,21,22);1H. The smallest absolute Gasteiger partial charge is 0.193 e. The lowest BCUT2D eigenvalue weighted by molar-refractivity contribution is 0.156. The van der Waals surface area contributed by atoms with Crippen molar-refractivity contribution in [1.29, 1.82) is 0 Å². The molecule has 3 rings (SSSR count). The fourth-order valence-electron chi connectivity index (χ4n) is 3.74. The summed E-state index contributed by atoms with van der Waals surface area (Å²) in [4.78, 5) is 7.37. The summed E-state index contributed by atoms with van der Waals surface area (Å²) in [5.74, 6) is 1.51. The largest absolute Gasteiger partial charge is 0.381 e. The molecule has 140 valence electrons. The third kappa shape index (κ3) is 5.09. The number of ether oxygens (including phenoxy) is 1. The predicted molar refractivity (Wildman–Crippen MR) is 115 cm³/mol. The van der Waals surface area contributed by atoms with Gasteiger partial charge in [0.25, 0.3) is 0 Å². The molecular formula is C20H32IN3O. The number of nitrogens with one attached hydrogen (secondary N) is 1. The van der Waals surface area contributed by atoms with Gasteiger partial charge in [-0.25, -0.2) is 0 Å². The molecule has 2 aliphatic heterocycles. The highest BCUT2D eigenvalue weighted by molar-refractivity contribution is 14.0. The first-order valence-electron chi connectivity index (χ1n) is 9.29. The highest BCUT2D eigenvalue weighted by Gasteiger charge is 2.42. The van der Waals surface area contributed by atoms with Gasteiger partial charge in [-0.2, -0.15) is 0 Å². The summed E-state index contributed by atoms with van der Waals surface area (Å²) >= 11 is 0. The average Bonchev–Trinajstić information content (AvgIpc) is 3.22. The zero-order chi connectivity index (χ0) is 17.0. The minimum atomic E-state index is 0. The number of halogens is 1. The Kier molecular flexibility index (Phi) is 7.55. The van der Waals surface area contributed by atoms with Crippen molar-refractivity contribution >= 4 is 29.9 Å². The maximum atomic E-state index is 5.65. The van der Waals surface area contributed by atoms with E-state index in [0.29, 0.717) is 11.3 Å². The van der Waals surface area contributed by atoms with E-state index in [4.69, 9.17) is 9.73 Å². The van der Waals surface area contributed by atoms with Crippen molar-refractivity contribution in [3.63, 3.8) is 0 Å². The quantitative estimate of drug-likeness (QED) is 0.425. The SMILES string of the molecule is CCNC(=NCC(C)c1ccc(C)cc1)N1CCC2(CCOC2)C1.I. The molecule has 1 spiro atoms. The second-order valence-electron chi connectivity index (χ2n) is 7.48. The lowest BCUT2D eigenvalue weighted by Gasteiger charge is -2.25. The molecule has 2 saturated heterocycles. The number of likely N-dealkylation sites (tertiary alicyclic amines) is 1. The highest BCUT2D eigenvalue weighted by atomic mass is 127. The van der Waals surface area contributed by atoms with Gasteiger partial charge in [0.15, 0.2) is 5.96 Å². The van der Waals surface area contributed by atoms with Crippen LogP contribution in [0.1, 0.15) is 43.7 Å². The van der Waals surface area contributed by atoms with Gasteiger partial charge in [-0.1, -0.05) is 36.8 Å². The predicted octanol–water partition coefficient (Wildman–Crippen LogP) is 3.79. The molecule has 25 heavy (non-hydrogen) atoms. The maximum absolute atomic E-state index is 5.65. The Labute approximate surface area is 169 Å². The first kappa shape index (κ1) is 20.5. The van der Waals surface area contributed by atoms with Crippen LogP contribution in [0.15, 0.2) is 29.3 Å². The normalized spacial score (nSPS) is 24.4. The fourth-order valence-corrected chi connectivity index (χ4v) is 3.74. The summed E-state index contributed by atoms with van der Waals surface area (Å²) in [6, 6.07) is 8.82. The number of nitrogens with zero attached hydrogens (tertiary/aromatic N) is 2. The van der Waals surface area contributed by atoms with Gasteiger partial charge in [-0.15, -0.1) is 24.0 Å². The second kappa shape index (κ2) is 9.21. The van der Waals surface area contributed by atoms with E-state index in [9.17, 15) is 0 Å². The molecule has 0 aliphatic carbocycles. The van der Waals surface area contributed by atoms with Crippen molar-refractivity contribution in [1.82, 2.24) is 10.2 Å². The van der Waals surface area contributed by atoms with Crippen molar-refractivity contribution in [3.8, 4) is 0 Å². The van der Waals surface area contributed by atoms with Crippen molar-refractivity contribution < 1.29 is 4.74 Å². The van der Waals surface area contributed by atoms with Gasteiger partial charge in [0, 0.05) is 44.1 Å². The third-order valence-corrected chi connectivity index (χ3v) is 5.42. The molecule has 0 bridgehead atoms. The molecule has 2 fully saturated rings. The molecule has 2 unspecified atom stereocenters. The molecule has 2 atom stereocenters. The molecule has 0 aromatic heterocycles. The zero-order valence-corrected chi connectivity index (χ0v) is 18.1. The number of hydrogen-bond acceptors (Lipinski definition) is 2. The average molecular weight is 457 g/mol. The topological polar surface area (TPSA) is 36.9 Å². The van der Waals surface area contributed by atoms with E-state index >= 15 is 0 Å². The zero-order valence-electron chi connectivity index (χ0n) is 15.8. The van der Waals surface area contributed by atoms with Crippen molar-refractivity contribution in [2.24, 2.45) is 10.4 Å². The Balaban J connectivity index is 0.00000225. The van der Waals surface area contributed by atoms with Gasteiger partial charge < -0.3 is 15.0 Å². The van der Waals surface area contributed by atoms with Crippen LogP contribution in [0.3, 0.4) is 0 Å². The molecule has 0 amide bonds. The molecule has 0 saturated carbocycles. The summed E-state index contributed by atoms with van der Waals surface area (Å²) in [5, 5.41) is 3.48. The van der Waals surface area contributed by atoms with Crippen molar-refractivity contribution in [3.05, 3.63) is 35.4 Å². The van der Waals surface area contributed by atoms with E-state index in [1.54, 1.807) is 0 Å². The summed E-state index contributed by atoms with van der Waals surface area (Å²) in [5.41, 5.74) is 3.05. The van der Waals surface area contributed by atoms with Crippen LogP contribution in [0.5, 0.6) is 0 Å². The maximum Gasteiger partial charge on any atom is 0.193 e. The molecule has 1 aromatic rings. The molecule has 1 aromatic carbocycles. The monoisotopic (exact) mass is 457 g/mol. The van der Waals surface area contributed by atoms with Crippen LogP contribution in [0.2, 0.25) is 0 Å². The van der Waals surface area contributed by atoms with Crippen LogP contribution in [0.25, 0.3) is 0 Å². The molecule has 1 N–H and O–H groups in total. The van der Waals surface area contributed by atoms with E-state index < -0.39 is 0 Å². The van der Waals surface area contributed by atoms with E-state index in [2.05, 4.69) is 55.3 Å². The van der Waals surface area contributed by atoms with E-state index in [1.165, 1.54) is 24.0 Å². The van der Waals surface area contributed by atoms with Gasteiger partial charge in [0.1, 0.15) is 0 Å². The van der Waals surface area contributed by atoms with Crippen LogP contribution < -0.4 is 5.32 Å². The van der Waals surface area contributed by atoms with Crippen LogP contribution in [0, 0.1) is 12.3 Å². The number of aryl methyl sites for hydroxylation is 1. The lowest BCUT2D eigenvalue weighted by atomic mass is 9.87. The van der Waals surface area contributed by atoms with Gasteiger partial charge in [0.2, 0.25) is 0 Å². The Morgan fingerprint density at radius 2 is 2.08 bits per heavy atom. The Hall–Kier alpha value is -0.820. The minimum absolute atomic E-state index is 0. The van der Waals surface area contributed by atoms with Gasteiger partial charge in [-0.05, 0) is 32.3 Å². The number of rotatable bonds is 4. The number of aliphatic imine (C=N–C) groups is 1. The van der Waals surface area contributed by atoms with Gasteiger partial charge in [0.05, 0.1) is 6.61 Å². The lowest BCUT2D eigenvalue weighted by Crippen LogP contribution is -2.41. The fraction of sp³-hybridized carbons (Fsp3) is 0.650. The van der Waals surface area contributed by atoms with E-state index in [0.717, 1.165) is 45.4 Å². The number of benzene rings is 1. The molecular weight excluding hydrogens is 425 g/mol. The third-order valence-electron chi connectivity index (χ3n) is 5.42. The van der Waals surface area contributed by atoms with Crippen LogP contribution in [0.4, 0.5) is 0 Å². The Morgan fingerprint density at radius 1 is 1.32 bits per heavy atom.